The number of nitrogens with one attached hydrogen (secondary N) is 2. The molecule has 2 aromatic rings. The molecule has 0 saturated heterocycles. The maximum atomic E-state index is 12.9. The zero-order valence-corrected chi connectivity index (χ0v) is 16.1. The van der Waals surface area contributed by atoms with Crippen molar-refractivity contribution in [2.75, 3.05) is 25.5 Å². The van der Waals surface area contributed by atoms with Gasteiger partial charge in [0.05, 0.1) is 26.5 Å². The Labute approximate surface area is 152 Å². The van der Waals surface area contributed by atoms with E-state index in [1.54, 1.807) is 26.8 Å². The molecular formula is C17H22N2O6S. The number of H-pyrrole nitrogens is 1. The van der Waals surface area contributed by atoms with E-state index in [0.717, 1.165) is 0 Å². The lowest BCUT2D eigenvalue weighted by molar-refractivity contribution is 0.0521. The van der Waals surface area contributed by atoms with E-state index in [0.29, 0.717) is 22.9 Å². The third-order valence-corrected chi connectivity index (χ3v) is 5.22. The Morgan fingerprint density at radius 3 is 2.15 bits per heavy atom. The normalized spacial score (nSPS) is 11.1. The van der Waals surface area contributed by atoms with Crippen molar-refractivity contribution in [1.29, 1.82) is 0 Å². The van der Waals surface area contributed by atoms with Gasteiger partial charge in [0.15, 0.2) is 0 Å². The van der Waals surface area contributed by atoms with Gasteiger partial charge in [0.25, 0.3) is 10.0 Å². The van der Waals surface area contributed by atoms with Crippen LogP contribution in [0.1, 0.15) is 28.7 Å². The minimum atomic E-state index is -4.06. The third-order valence-electron chi connectivity index (χ3n) is 3.67. The molecule has 0 aliphatic carbocycles. The van der Waals surface area contributed by atoms with E-state index in [1.165, 1.54) is 26.4 Å². The summed E-state index contributed by atoms with van der Waals surface area (Å²) in [5, 5.41) is 0. The molecule has 1 heterocycles. The molecule has 0 radical (unpaired) electrons. The Bertz CT molecular complexity index is 895. The first kappa shape index (κ1) is 19.6. The van der Waals surface area contributed by atoms with Gasteiger partial charge in [-0.1, -0.05) is 0 Å². The minimum absolute atomic E-state index is 0.00767. The third kappa shape index (κ3) is 3.93. The van der Waals surface area contributed by atoms with Gasteiger partial charge >= 0.3 is 5.97 Å². The lowest BCUT2D eigenvalue weighted by Crippen LogP contribution is -2.18. The number of ether oxygens (including phenoxy) is 3. The molecule has 9 heteroatoms. The van der Waals surface area contributed by atoms with E-state index in [4.69, 9.17) is 14.2 Å². The molecule has 0 fully saturated rings. The van der Waals surface area contributed by atoms with Crippen molar-refractivity contribution in [3.63, 3.8) is 0 Å². The van der Waals surface area contributed by atoms with Crippen molar-refractivity contribution in [2.24, 2.45) is 0 Å². The van der Waals surface area contributed by atoms with Crippen molar-refractivity contribution in [3.8, 4) is 11.5 Å². The smallest absolute Gasteiger partial charge is 0.341 e. The molecule has 0 aliphatic heterocycles. The van der Waals surface area contributed by atoms with Crippen LogP contribution >= 0.6 is 0 Å². The van der Waals surface area contributed by atoms with Crippen molar-refractivity contribution in [3.05, 3.63) is 35.2 Å². The summed E-state index contributed by atoms with van der Waals surface area (Å²) in [6.07, 6.45) is 0. The number of aromatic nitrogens is 1. The molecule has 0 bridgehead atoms. The number of hydrogen-bond donors (Lipinski definition) is 2. The molecule has 1 aromatic carbocycles. The number of aromatic amines is 1. The van der Waals surface area contributed by atoms with Crippen LogP contribution in [0.4, 0.5) is 5.69 Å². The Morgan fingerprint density at radius 2 is 1.65 bits per heavy atom. The van der Waals surface area contributed by atoms with Crippen LogP contribution in [0.2, 0.25) is 0 Å². The molecule has 2 N–H and O–H groups in total. The summed E-state index contributed by atoms with van der Waals surface area (Å²) < 4.78 is 43.6. The zero-order chi connectivity index (χ0) is 19.5. The Hall–Kier alpha value is -2.68. The van der Waals surface area contributed by atoms with Crippen LogP contribution in [0.15, 0.2) is 23.1 Å². The first-order valence-electron chi connectivity index (χ1n) is 7.85. The average Bonchev–Trinajstić information content (AvgIpc) is 2.89. The molecule has 0 atom stereocenters. The fraction of sp³-hybridized carbons (Fsp3) is 0.353. The lowest BCUT2D eigenvalue weighted by Gasteiger charge is -2.12. The molecule has 0 aliphatic rings. The SMILES string of the molecule is CCOC(=O)c1c(C)[nH]c(C)c1S(=O)(=O)Nc1cc(OC)cc(OC)c1. The number of esters is 1. The van der Waals surface area contributed by atoms with Gasteiger partial charge in [-0.3, -0.25) is 4.72 Å². The van der Waals surface area contributed by atoms with Crippen LogP contribution in [0.3, 0.4) is 0 Å². The number of benzene rings is 1. The first-order valence-corrected chi connectivity index (χ1v) is 9.34. The van der Waals surface area contributed by atoms with Crippen LogP contribution in [-0.4, -0.2) is 40.2 Å². The van der Waals surface area contributed by atoms with E-state index in [9.17, 15) is 13.2 Å². The van der Waals surface area contributed by atoms with Crippen molar-refractivity contribution < 1.29 is 27.4 Å². The van der Waals surface area contributed by atoms with Gasteiger partial charge in [-0.15, -0.1) is 0 Å². The minimum Gasteiger partial charge on any atom is -0.497 e. The van der Waals surface area contributed by atoms with Gasteiger partial charge in [-0.25, -0.2) is 13.2 Å². The topological polar surface area (TPSA) is 107 Å². The van der Waals surface area contributed by atoms with Crippen molar-refractivity contribution in [1.82, 2.24) is 4.98 Å². The monoisotopic (exact) mass is 382 g/mol. The quantitative estimate of drug-likeness (QED) is 0.713. The second-order valence-corrected chi connectivity index (χ2v) is 7.13. The molecule has 142 valence electrons. The predicted octanol–water partition coefficient (Wildman–Crippen LogP) is 2.63. The van der Waals surface area contributed by atoms with E-state index in [-0.39, 0.29) is 22.8 Å². The van der Waals surface area contributed by atoms with E-state index < -0.39 is 16.0 Å². The largest absolute Gasteiger partial charge is 0.497 e. The number of anilines is 1. The second kappa shape index (κ2) is 7.69. The number of hydrogen-bond acceptors (Lipinski definition) is 6. The number of carbonyl (C=O) groups is 1. The van der Waals surface area contributed by atoms with Gasteiger partial charge in [0.2, 0.25) is 0 Å². The lowest BCUT2D eigenvalue weighted by atomic mass is 10.2. The number of methoxy groups -OCH3 is 2. The summed E-state index contributed by atoms with van der Waals surface area (Å²) in [4.78, 5) is 15.0. The van der Waals surface area contributed by atoms with Gasteiger partial charge in [0, 0.05) is 29.6 Å². The van der Waals surface area contributed by atoms with Gasteiger partial charge in [-0.2, -0.15) is 0 Å². The number of rotatable bonds is 7. The molecule has 0 unspecified atom stereocenters. The standard InChI is InChI=1S/C17H22N2O6S/c1-6-25-17(20)15-10(2)18-11(3)16(15)26(21,22)19-12-7-13(23-4)9-14(8-12)24-5/h7-9,18-19H,6H2,1-5H3. The molecule has 2 rings (SSSR count). The predicted molar refractivity (Wildman–Crippen MR) is 96.6 cm³/mol. The second-order valence-electron chi connectivity index (χ2n) is 5.51. The highest BCUT2D eigenvalue weighted by Gasteiger charge is 2.30. The van der Waals surface area contributed by atoms with Crippen LogP contribution in [-0.2, 0) is 14.8 Å². The Kier molecular flexibility index (Phi) is 5.81. The Morgan fingerprint density at radius 1 is 1.08 bits per heavy atom. The average molecular weight is 382 g/mol. The van der Waals surface area contributed by atoms with Crippen LogP contribution in [0.25, 0.3) is 0 Å². The first-order chi connectivity index (χ1) is 12.2. The summed E-state index contributed by atoms with van der Waals surface area (Å²) in [7, 11) is -1.13. The van der Waals surface area contributed by atoms with Crippen LogP contribution in [0, 0.1) is 13.8 Å². The Balaban J connectivity index is 2.51. The fourth-order valence-corrected chi connectivity index (χ4v) is 4.11. The molecule has 26 heavy (non-hydrogen) atoms. The molecular weight excluding hydrogens is 360 g/mol. The highest BCUT2D eigenvalue weighted by Crippen LogP contribution is 2.30. The van der Waals surface area contributed by atoms with Crippen LogP contribution < -0.4 is 14.2 Å². The highest BCUT2D eigenvalue weighted by molar-refractivity contribution is 7.92. The van der Waals surface area contributed by atoms with Gasteiger partial charge in [-0.05, 0) is 20.8 Å². The number of carbonyl (C=O) groups excluding carboxylic acids is 1. The molecule has 0 spiro atoms. The summed E-state index contributed by atoms with van der Waals surface area (Å²) in [5.41, 5.74) is 0.999. The number of aryl methyl sites for hydroxylation is 2. The maximum absolute atomic E-state index is 12.9. The van der Waals surface area contributed by atoms with E-state index in [1.807, 2.05) is 0 Å². The molecule has 0 saturated carbocycles. The maximum Gasteiger partial charge on any atom is 0.341 e. The van der Waals surface area contributed by atoms with Crippen molar-refractivity contribution >= 4 is 21.7 Å². The molecule has 8 nitrogen and oxygen atoms in total. The van der Waals surface area contributed by atoms with Gasteiger partial charge in [0.1, 0.15) is 22.0 Å². The van der Waals surface area contributed by atoms with Crippen LogP contribution in [0.5, 0.6) is 11.5 Å². The van der Waals surface area contributed by atoms with Gasteiger partial charge < -0.3 is 19.2 Å². The summed E-state index contributed by atoms with van der Waals surface area (Å²) in [6.45, 7) is 4.99. The number of sulfonamides is 1. The summed E-state index contributed by atoms with van der Waals surface area (Å²) in [5.74, 6) is 0.155. The highest BCUT2D eigenvalue weighted by atomic mass is 32.2. The fourth-order valence-electron chi connectivity index (χ4n) is 2.62. The zero-order valence-electron chi connectivity index (χ0n) is 15.3. The molecule has 1 aromatic heterocycles. The summed E-state index contributed by atoms with van der Waals surface area (Å²) >= 11 is 0. The summed E-state index contributed by atoms with van der Waals surface area (Å²) in [6, 6.07) is 4.64. The van der Waals surface area contributed by atoms with E-state index >= 15 is 0 Å². The van der Waals surface area contributed by atoms with E-state index in [2.05, 4.69) is 9.71 Å². The molecule has 0 amide bonds. The van der Waals surface area contributed by atoms with Crippen molar-refractivity contribution in [2.45, 2.75) is 25.7 Å².